The maximum atomic E-state index is 4.95. The van der Waals surface area contributed by atoms with Gasteiger partial charge in [-0.3, -0.25) is 4.84 Å². The lowest BCUT2D eigenvalue weighted by molar-refractivity contribution is 0.350. The number of hydroxylamine groups is 1. The Balaban J connectivity index is 1.94. The van der Waals surface area contributed by atoms with Crippen molar-refractivity contribution in [2.45, 2.75) is 6.23 Å². The molecule has 0 amide bonds. The van der Waals surface area contributed by atoms with Crippen LogP contribution in [-0.4, -0.2) is 6.23 Å². The zero-order chi connectivity index (χ0) is 4.22. The van der Waals surface area contributed by atoms with Gasteiger partial charge in [0.15, 0.2) is 6.23 Å². The minimum Gasteiger partial charge on any atom is -0.278 e. The van der Waals surface area contributed by atoms with E-state index in [1.807, 2.05) is 0 Å². The van der Waals surface area contributed by atoms with Crippen LogP contribution in [0.2, 0.25) is 0 Å². The average Bonchev–Trinajstić information content (AvgIpc) is 2.35. The van der Waals surface area contributed by atoms with E-state index in [0.717, 1.165) is 23.2 Å². The van der Waals surface area contributed by atoms with Crippen molar-refractivity contribution in [1.29, 1.82) is 0 Å². The van der Waals surface area contributed by atoms with Crippen LogP contribution in [0.1, 0.15) is 0 Å². The third-order valence-electron chi connectivity index (χ3n) is 3.11. The fourth-order valence-corrected chi connectivity index (χ4v) is 2.17. The fourth-order valence-electron chi connectivity index (χ4n) is 2.17. The van der Waals surface area contributed by atoms with Crippen molar-refractivity contribution in [3.8, 4) is 0 Å². The van der Waals surface area contributed by atoms with Gasteiger partial charge in [-0.2, -0.15) is 5.48 Å². The molecule has 1 saturated heterocycles. The van der Waals surface area contributed by atoms with Gasteiger partial charge in [0.2, 0.25) is 0 Å². The predicted molar refractivity (Wildman–Crippen MR) is 20.9 cm³/mol. The predicted octanol–water partition coefficient (Wildman–Crippen LogP) is -0.277. The van der Waals surface area contributed by atoms with Crippen molar-refractivity contribution in [2.24, 2.45) is 23.2 Å². The summed E-state index contributed by atoms with van der Waals surface area (Å²) < 4.78 is 0. The summed E-state index contributed by atoms with van der Waals surface area (Å²) in [6.45, 7) is 0. The Morgan fingerprint density at radius 1 is 1.29 bits per heavy atom. The molecule has 0 aromatic rings. The summed E-state index contributed by atoms with van der Waals surface area (Å²) in [6, 6.07) is 0. The molecule has 0 aromatic carbocycles. The molecule has 4 aliphatic carbocycles. The molecular weight excluding hydrogens is 90.1 g/mol. The zero-order valence-corrected chi connectivity index (χ0v) is 3.72. The van der Waals surface area contributed by atoms with E-state index in [1.54, 1.807) is 0 Å². The molecule has 0 aromatic heterocycles. The van der Waals surface area contributed by atoms with E-state index in [-0.39, 0.29) is 0 Å². The van der Waals surface area contributed by atoms with Gasteiger partial charge >= 0.3 is 0 Å². The van der Waals surface area contributed by atoms with Crippen LogP contribution in [0.25, 0.3) is 0 Å². The Kier molecular flexibility index (Phi) is 0.127. The first-order valence-electron chi connectivity index (χ1n) is 2.88. The quantitative estimate of drug-likeness (QED) is 0.455. The molecule has 1 unspecified atom stereocenters. The maximum Gasteiger partial charge on any atom is 0.157 e. The SMILES string of the molecule is N1OC1C12C3C1C32. The summed E-state index contributed by atoms with van der Waals surface area (Å²) >= 11 is 0. The standard InChI is InChI=1S/C5H5NO/c6-4(7-6)5-1-2(5)3(1)5/h1-4,6H. The molecule has 2 heteroatoms. The Morgan fingerprint density at radius 3 is 2.00 bits per heavy atom. The second-order valence-corrected chi connectivity index (χ2v) is 3.19. The summed E-state index contributed by atoms with van der Waals surface area (Å²) in [5.41, 5.74) is 3.68. The van der Waals surface area contributed by atoms with Gasteiger partial charge in [0, 0.05) is 5.41 Å². The molecule has 1 atom stereocenters. The van der Waals surface area contributed by atoms with E-state index in [4.69, 9.17) is 4.84 Å². The number of hydrogen-bond acceptors (Lipinski definition) is 2. The highest BCUT2D eigenvalue weighted by atomic mass is 16.8. The Labute approximate surface area is 40.8 Å². The van der Waals surface area contributed by atoms with Gasteiger partial charge in [-0.05, 0) is 17.8 Å². The summed E-state index contributed by atoms with van der Waals surface area (Å²) in [6.07, 6.45) is 0.521. The number of hydrogen-bond donors (Lipinski definition) is 1. The van der Waals surface area contributed by atoms with Crippen LogP contribution in [-0.2, 0) is 4.84 Å². The van der Waals surface area contributed by atoms with E-state index in [9.17, 15) is 0 Å². The number of nitrogens with one attached hydrogen (secondary N) is 1. The molecule has 4 saturated carbocycles. The molecule has 0 bridgehead atoms. The first-order chi connectivity index (χ1) is 3.47. The van der Waals surface area contributed by atoms with E-state index in [2.05, 4.69) is 5.48 Å². The molecule has 0 radical (unpaired) electrons. The van der Waals surface area contributed by atoms with Crippen LogP contribution in [0.4, 0.5) is 0 Å². The molecule has 1 N–H and O–H groups in total. The molecule has 5 fully saturated rings. The average molecular weight is 95.1 g/mol. The lowest BCUT2D eigenvalue weighted by Gasteiger charge is -1.72. The molecule has 1 heterocycles. The number of rotatable bonds is 1. The van der Waals surface area contributed by atoms with E-state index >= 15 is 0 Å². The van der Waals surface area contributed by atoms with Crippen LogP contribution in [0.3, 0.4) is 0 Å². The van der Waals surface area contributed by atoms with Gasteiger partial charge in [0.1, 0.15) is 0 Å². The summed E-state index contributed by atoms with van der Waals surface area (Å²) in [4.78, 5) is 4.95. The molecule has 36 valence electrons. The summed E-state index contributed by atoms with van der Waals surface area (Å²) in [5, 5.41) is 0. The smallest absolute Gasteiger partial charge is 0.157 e. The molecule has 7 heavy (non-hydrogen) atoms. The molecule has 1 aliphatic heterocycles. The highest BCUT2D eigenvalue weighted by Crippen LogP contribution is 3.11. The molecule has 5 aliphatic rings. The van der Waals surface area contributed by atoms with Crippen LogP contribution >= 0.6 is 0 Å². The van der Waals surface area contributed by atoms with Crippen molar-refractivity contribution in [3.05, 3.63) is 0 Å². The third kappa shape index (κ3) is 0.0952. The highest BCUT2D eigenvalue weighted by molar-refractivity contribution is 5.56. The second-order valence-electron chi connectivity index (χ2n) is 3.19. The van der Waals surface area contributed by atoms with Gasteiger partial charge < -0.3 is 0 Å². The van der Waals surface area contributed by atoms with Crippen LogP contribution < -0.4 is 5.48 Å². The van der Waals surface area contributed by atoms with Gasteiger partial charge in [-0.1, -0.05) is 0 Å². The monoisotopic (exact) mass is 95.0 g/mol. The molecule has 2 nitrogen and oxygen atoms in total. The van der Waals surface area contributed by atoms with Gasteiger partial charge in [0.05, 0.1) is 0 Å². The third-order valence-corrected chi connectivity index (χ3v) is 3.11. The fraction of sp³-hybridized carbons (Fsp3) is 1.00. The van der Waals surface area contributed by atoms with E-state index < -0.39 is 0 Å². The first-order valence-corrected chi connectivity index (χ1v) is 2.88. The van der Waals surface area contributed by atoms with Crippen molar-refractivity contribution in [1.82, 2.24) is 5.48 Å². The highest BCUT2D eigenvalue weighted by Gasteiger charge is 3.12. The topological polar surface area (TPSA) is 34.5 Å². The maximum absolute atomic E-state index is 4.95. The first kappa shape index (κ1) is 2.46. The van der Waals surface area contributed by atoms with Crippen molar-refractivity contribution in [3.63, 3.8) is 0 Å². The minimum atomic E-state index is 0.521. The van der Waals surface area contributed by atoms with Gasteiger partial charge in [-0.15, -0.1) is 0 Å². The van der Waals surface area contributed by atoms with Crippen LogP contribution in [0.15, 0.2) is 0 Å². The Bertz CT molecular complexity index is 147. The molecular formula is C5H5NO. The summed E-state index contributed by atoms with van der Waals surface area (Å²) in [5.74, 6) is 3.44. The Hall–Kier alpha value is -0.0800. The minimum absolute atomic E-state index is 0.521. The van der Waals surface area contributed by atoms with Crippen molar-refractivity contribution >= 4 is 0 Å². The lowest BCUT2D eigenvalue weighted by Crippen LogP contribution is -1.92. The van der Waals surface area contributed by atoms with Gasteiger partial charge in [0.25, 0.3) is 0 Å². The largest absolute Gasteiger partial charge is 0.278 e. The van der Waals surface area contributed by atoms with Crippen LogP contribution in [0.5, 0.6) is 0 Å². The normalized spacial score (nSPS) is 96.0. The summed E-state index contributed by atoms with van der Waals surface area (Å²) in [7, 11) is 0. The van der Waals surface area contributed by atoms with Crippen molar-refractivity contribution < 1.29 is 4.84 Å². The van der Waals surface area contributed by atoms with E-state index in [1.165, 1.54) is 0 Å². The van der Waals surface area contributed by atoms with Crippen molar-refractivity contribution in [2.75, 3.05) is 0 Å². The van der Waals surface area contributed by atoms with Gasteiger partial charge in [-0.25, -0.2) is 0 Å². The molecule has 5 rings (SSSR count). The lowest BCUT2D eigenvalue weighted by atomic mass is 10.4. The van der Waals surface area contributed by atoms with Crippen LogP contribution in [0, 0.1) is 23.2 Å². The van der Waals surface area contributed by atoms with E-state index in [0.29, 0.717) is 6.23 Å². The zero-order valence-electron chi connectivity index (χ0n) is 3.72. The molecule has 0 spiro atoms. The Morgan fingerprint density at radius 2 is 1.86 bits per heavy atom. The second kappa shape index (κ2) is 0.361.